The number of morpholine rings is 1. The predicted molar refractivity (Wildman–Crippen MR) is 136 cm³/mol. The first kappa shape index (κ1) is 23.6. The lowest BCUT2D eigenvalue weighted by Gasteiger charge is -2.35. The number of ether oxygens (including phenoxy) is 1. The van der Waals surface area contributed by atoms with Gasteiger partial charge in [0.15, 0.2) is 5.82 Å². The number of H-pyrrole nitrogens is 1. The minimum atomic E-state index is -0.282. The minimum Gasteiger partial charge on any atom is -0.378 e. The summed E-state index contributed by atoms with van der Waals surface area (Å²) >= 11 is 0. The standard InChI is InChI=1S/C26H34N6O3/c1-17-10-27-23-6-5-20(9-22(17)23)12-28-24(33)15-32-18(2)11-29-25(26(32)34)30-13-21-16-35-8-7-31(21)14-19-3-4-19/h5-6,9-11,19,21,27H,3-4,7-8,12-16H2,1-2H3,(H,28,33)(H,29,30)/t21-/m0/s1. The normalized spacial score (nSPS) is 18.6. The number of anilines is 1. The molecule has 3 heterocycles. The van der Waals surface area contributed by atoms with E-state index in [1.54, 1.807) is 13.1 Å². The zero-order valence-corrected chi connectivity index (χ0v) is 20.5. The van der Waals surface area contributed by atoms with Crippen LogP contribution in [0, 0.1) is 19.8 Å². The minimum absolute atomic E-state index is 0.0480. The number of rotatable bonds is 9. The van der Waals surface area contributed by atoms with Gasteiger partial charge in [-0.05, 0) is 55.9 Å². The third-order valence-corrected chi connectivity index (χ3v) is 7.04. The molecule has 2 fully saturated rings. The lowest BCUT2D eigenvalue weighted by Crippen LogP contribution is -2.50. The Morgan fingerprint density at radius 2 is 2.14 bits per heavy atom. The van der Waals surface area contributed by atoms with Gasteiger partial charge in [-0.1, -0.05) is 6.07 Å². The van der Waals surface area contributed by atoms with E-state index in [9.17, 15) is 9.59 Å². The molecule has 0 spiro atoms. The highest BCUT2D eigenvalue weighted by molar-refractivity contribution is 5.83. The Balaban J connectivity index is 1.20. The summed E-state index contributed by atoms with van der Waals surface area (Å²) in [5.74, 6) is 0.862. The molecule has 3 N–H and O–H groups in total. The van der Waals surface area contributed by atoms with Crippen LogP contribution in [0.2, 0.25) is 0 Å². The maximum absolute atomic E-state index is 13.1. The van der Waals surface area contributed by atoms with Gasteiger partial charge in [-0.2, -0.15) is 0 Å². The number of hydrogen-bond acceptors (Lipinski definition) is 6. The first-order valence-electron chi connectivity index (χ1n) is 12.4. The van der Waals surface area contributed by atoms with Crippen LogP contribution in [0.15, 0.2) is 35.4 Å². The highest BCUT2D eigenvalue weighted by Gasteiger charge is 2.30. The van der Waals surface area contributed by atoms with Crippen molar-refractivity contribution in [2.45, 2.75) is 45.8 Å². The van der Waals surface area contributed by atoms with Crippen LogP contribution in [-0.4, -0.2) is 64.2 Å². The first-order chi connectivity index (χ1) is 17.0. The van der Waals surface area contributed by atoms with Crippen LogP contribution in [0.5, 0.6) is 0 Å². The number of carbonyl (C=O) groups excluding carboxylic acids is 1. The molecule has 3 aromatic rings. The third-order valence-electron chi connectivity index (χ3n) is 7.04. The van der Waals surface area contributed by atoms with E-state index in [2.05, 4.69) is 38.5 Å². The van der Waals surface area contributed by atoms with Gasteiger partial charge in [0.1, 0.15) is 6.54 Å². The number of amides is 1. The number of carbonyl (C=O) groups is 1. The van der Waals surface area contributed by atoms with Gasteiger partial charge >= 0.3 is 0 Å². The van der Waals surface area contributed by atoms with Crippen molar-refractivity contribution in [2.24, 2.45) is 5.92 Å². The molecule has 0 unspecified atom stereocenters. The molecule has 35 heavy (non-hydrogen) atoms. The number of aromatic nitrogens is 3. The largest absolute Gasteiger partial charge is 0.378 e. The second-order valence-corrected chi connectivity index (χ2v) is 9.82. The van der Waals surface area contributed by atoms with E-state index >= 15 is 0 Å². The Kier molecular flexibility index (Phi) is 6.88. The average molecular weight is 479 g/mol. The van der Waals surface area contributed by atoms with Gasteiger partial charge in [-0.3, -0.25) is 19.1 Å². The molecule has 9 heteroatoms. The van der Waals surface area contributed by atoms with E-state index < -0.39 is 0 Å². The van der Waals surface area contributed by atoms with E-state index in [0.717, 1.165) is 42.1 Å². The predicted octanol–water partition coefficient (Wildman–Crippen LogP) is 2.18. The molecule has 1 saturated carbocycles. The van der Waals surface area contributed by atoms with Crippen LogP contribution < -0.4 is 16.2 Å². The summed E-state index contributed by atoms with van der Waals surface area (Å²) in [6.45, 7) is 8.21. The summed E-state index contributed by atoms with van der Waals surface area (Å²) in [5, 5.41) is 7.31. The number of fused-ring (bicyclic) bond motifs is 1. The van der Waals surface area contributed by atoms with E-state index in [1.165, 1.54) is 23.0 Å². The number of nitrogens with one attached hydrogen (secondary N) is 3. The molecule has 186 valence electrons. The molecule has 5 rings (SSSR count). The second-order valence-electron chi connectivity index (χ2n) is 9.82. The Labute approximate surface area is 204 Å². The smallest absolute Gasteiger partial charge is 0.293 e. The molecule has 1 saturated heterocycles. The average Bonchev–Trinajstić information content (AvgIpc) is 3.61. The molecule has 1 aliphatic carbocycles. The van der Waals surface area contributed by atoms with E-state index in [1.807, 2.05) is 18.3 Å². The molecule has 1 aliphatic heterocycles. The van der Waals surface area contributed by atoms with Crippen molar-refractivity contribution < 1.29 is 9.53 Å². The molecule has 1 aromatic carbocycles. The van der Waals surface area contributed by atoms with Gasteiger partial charge in [0, 0.05) is 55.2 Å². The third kappa shape index (κ3) is 5.57. The van der Waals surface area contributed by atoms with Crippen LogP contribution in [0.3, 0.4) is 0 Å². The Morgan fingerprint density at radius 1 is 1.29 bits per heavy atom. The van der Waals surface area contributed by atoms with E-state index in [-0.39, 0.29) is 29.9 Å². The van der Waals surface area contributed by atoms with Crippen LogP contribution in [-0.2, 0) is 22.6 Å². The summed E-state index contributed by atoms with van der Waals surface area (Å²) in [6.07, 6.45) is 6.23. The molecule has 1 amide bonds. The number of nitrogens with zero attached hydrogens (tertiary/aromatic N) is 3. The van der Waals surface area contributed by atoms with Gasteiger partial charge in [0.05, 0.1) is 19.3 Å². The summed E-state index contributed by atoms with van der Waals surface area (Å²) in [5.41, 5.74) is 3.63. The van der Waals surface area contributed by atoms with Crippen LogP contribution >= 0.6 is 0 Å². The number of benzene rings is 1. The monoisotopic (exact) mass is 478 g/mol. The maximum Gasteiger partial charge on any atom is 0.293 e. The lowest BCUT2D eigenvalue weighted by molar-refractivity contribution is -0.121. The van der Waals surface area contributed by atoms with Gasteiger partial charge in [0.2, 0.25) is 5.91 Å². The van der Waals surface area contributed by atoms with Crippen molar-refractivity contribution in [3.05, 3.63) is 57.8 Å². The zero-order chi connectivity index (χ0) is 24.4. The number of hydrogen-bond donors (Lipinski definition) is 3. The topological polar surface area (TPSA) is 104 Å². The van der Waals surface area contributed by atoms with Crippen LogP contribution in [0.1, 0.15) is 29.7 Å². The molecule has 2 aliphatic rings. The number of aromatic amines is 1. The first-order valence-corrected chi connectivity index (χ1v) is 12.4. The van der Waals surface area contributed by atoms with Crippen molar-refractivity contribution in [1.29, 1.82) is 0 Å². The fourth-order valence-electron chi connectivity index (χ4n) is 4.67. The van der Waals surface area contributed by atoms with E-state index in [0.29, 0.717) is 25.4 Å². The molecular weight excluding hydrogens is 444 g/mol. The second kappa shape index (κ2) is 10.2. The fourth-order valence-corrected chi connectivity index (χ4v) is 4.67. The molecular formula is C26H34N6O3. The Bertz CT molecular complexity index is 1260. The van der Waals surface area contributed by atoms with Crippen LogP contribution in [0.4, 0.5) is 5.82 Å². The maximum atomic E-state index is 13.1. The van der Waals surface area contributed by atoms with E-state index in [4.69, 9.17) is 4.74 Å². The fraction of sp³-hybridized carbons (Fsp3) is 0.500. The highest BCUT2D eigenvalue weighted by Crippen LogP contribution is 2.30. The molecule has 0 radical (unpaired) electrons. The van der Waals surface area contributed by atoms with Gasteiger partial charge < -0.3 is 20.4 Å². The Hall–Kier alpha value is -3.17. The molecule has 0 bridgehead atoms. The van der Waals surface area contributed by atoms with Gasteiger partial charge in [-0.15, -0.1) is 0 Å². The van der Waals surface area contributed by atoms with Gasteiger partial charge in [-0.25, -0.2) is 4.98 Å². The zero-order valence-electron chi connectivity index (χ0n) is 20.5. The van der Waals surface area contributed by atoms with Crippen LogP contribution in [0.25, 0.3) is 10.9 Å². The summed E-state index contributed by atoms with van der Waals surface area (Å²) in [4.78, 5) is 35.8. The van der Waals surface area contributed by atoms with Crippen molar-refractivity contribution in [2.75, 3.05) is 38.2 Å². The quantitative estimate of drug-likeness (QED) is 0.436. The summed E-state index contributed by atoms with van der Waals surface area (Å²) in [6, 6.07) is 6.30. The van der Waals surface area contributed by atoms with Gasteiger partial charge in [0.25, 0.3) is 5.56 Å². The van der Waals surface area contributed by atoms with Crippen molar-refractivity contribution >= 4 is 22.6 Å². The Morgan fingerprint density at radius 3 is 2.97 bits per heavy atom. The van der Waals surface area contributed by atoms with Crippen molar-refractivity contribution in [3.63, 3.8) is 0 Å². The molecule has 9 nitrogen and oxygen atoms in total. The highest BCUT2D eigenvalue weighted by atomic mass is 16.5. The lowest BCUT2D eigenvalue weighted by atomic mass is 10.1. The van der Waals surface area contributed by atoms with Crippen molar-refractivity contribution in [1.82, 2.24) is 24.8 Å². The molecule has 2 aromatic heterocycles. The SMILES string of the molecule is Cc1c[nH]c2ccc(CNC(=O)Cn3c(C)cnc(NC[C@H]4COCCN4CC4CC4)c3=O)cc12. The summed E-state index contributed by atoms with van der Waals surface area (Å²) in [7, 11) is 0. The molecule has 1 atom stereocenters. The van der Waals surface area contributed by atoms with Crippen molar-refractivity contribution in [3.8, 4) is 0 Å². The number of aryl methyl sites for hydroxylation is 2. The summed E-state index contributed by atoms with van der Waals surface area (Å²) < 4.78 is 7.15.